The minimum atomic E-state index is -0.857. The molecule has 0 radical (unpaired) electrons. The third kappa shape index (κ3) is 2.58. The number of rotatable bonds is 4. The van der Waals surface area contributed by atoms with Crippen LogP contribution in [0.2, 0.25) is 0 Å². The number of nitriles is 1. The van der Waals surface area contributed by atoms with Gasteiger partial charge in [0, 0.05) is 10.9 Å². The lowest BCUT2D eigenvalue weighted by Crippen LogP contribution is -2.11. The summed E-state index contributed by atoms with van der Waals surface area (Å²) in [4.78, 5) is 15.8. The maximum Gasteiger partial charge on any atom is 0.171 e. The number of thiazole rings is 1. The molecule has 5 heteroatoms. The van der Waals surface area contributed by atoms with E-state index in [2.05, 4.69) is 4.98 Å². The van der Waals surface area contributed by atoms with Gasteiger partial charge in [0.15, 0.2) is 11.7 Å². The Morgan fingerprint density at radius 1 is 1.44 bits per heavy atom. The van der Waals surface area contributed by atoms with Gasteiger partial charge in [0.25, 0.3) is 0 Å². The van der Waals surface area contributed by atoms with E-state index >= 15 is 0 Å². The first-order chi connectivity index (χ1) is 8.76. The number of hydrogen-bond acceptors (Lipinski definition) is 4. The number of carbonyl (C=O) groups is 1. The van der Waals surface area contributed by atoms with Crippen LogP contribution in [-0.2, 0) is 4.79 Å². The van der Waals surface area contributed by atoms with Crippen molar-refractivity contribution in [2.75, 3.05) is 5.88 Å². The number of ketones is 1. The molecule has 90 valence electrons. The Morgan fingerprint density at radius 3 is 2.78 bits per heavy atom. The molecule has 0 aliphatic heterocycles. The summed E-state index contributed by atoms with van der Waals surface area (Å²) in [6, 6.07) is 11.6. The molecule has 1 aromatic heterocycles. The summed E-state index contributed by atoms with van der Waals surface area (Å²) in [6.07, 6.45) is 0. The van der Waals surface area contributed by atoms with Gasteiger partial charge in [0.1, 0.15) is 5.01 Å². The molecule has 0 aliphatic carbocycles. The number of halogens is 1. The van der Waals surface area contributed by atoms with Crippen LogP contribution in [0.5, 0.6) is 0 Å². The molecule has 0 saturated heterocycles. The highest BCUT2D eigenvalue weighted by atomic mass is 35.5. The highest BCUT2D eigenvalue weighted by molar-refractivity contribution is 7.10. The molecule has 18 heavy (non-hydrogen) atoms. The zero-order valence-corrected chi connectivity index (χ0v) is 10.9. The highest BCUT2D eigenvalue weighted by Crippen LogP contribution is 2.26. The van der Waals surface area contributed by atoms with Crippen LogP contribution in [0.3, 0.4) is 0 Å². The van der Waals surface area contributed by atoms with Crippen molar-refractivity contribution in [2.24, 2.45) is 0 Å². The Bertz CT molecular complexity index is 589. The number of aromatic nitrogens is 1. The van der Waals surface area contributed by atoms with E-state index in [0.29, 0.717) is 5.01 Å². The van der Waals surface area contributed by atoms with Crippen LogP contribution in [0.15, 0.2) is 35.7 Å². The van der Waals surface area contributed by atoms with Gasteiger partial charge in [-0.2, -0.15) is 5.26 Å². The topological polar surface area (TPSA) is 53.8 Å². The van der Waals surface area contributed by atoms with Crippen LogP contribution in [0.25, 0.3) is 11.3 Å². The fraction of sp³-hybridized carbons (Fsp3) is 0.154. The van der Waals surface area contributed by atoms with Crippen LogP contribution in [-0.4, -0.2) is 16.6 Å². The molecule has 2 rings (SSSR count). The van der Waals surface area contributed by atoms with Crippen molar-refractivity contribution in [3.8, 4) is 17.3 Å². The molecule has 2 aromatic rings. The third-order valence-electron chi connectivity index (χ3n) is 2.42. The number of hydrogen-bond donors (Lipinski definition) is 0. The molecule has 0 amide bonds. The molecule has 1 aromatic carbocycles. The Morgan fingerprint density at radius 2 is 2.17 bits per heavy atom. The molecular formula is C13H9ClN2OS. The van der Waals surface area contributed by atoms with Gasteiger partial charge in [-0.1, -0.05) is 30.3 Å². The summed E-state index contributed by atoms with van der Waals surface area (Å²) >= 11 is 6.78. The molecule has 1 atom stereocenters. The van der Waals surface area contributed by atoms with Gasteiger partial charge in [-0.25, -0.2) is 4.98 Å². The van der Waals surface area contributed by atoms with Crippen molar-refractivity contribution < 1.29 is 4.79 Å². The monoisotopic (exact) mass is 276 g/mol. The van der Waals surface area contributed by atoms with Crippen molar-refractivity contribution in [2.45, 2.75) is 5.92 Å². The van der Waals surface area contributed by atoms with E-state index in [1.807, 2.05) is 41.8 Å². The molecule has 0 fully saturated rings. The normalized spacial score (nSPS) is 11.8. The summed E-state index contributed by atoms with van der Waals surface area (Å²) in [5.74, 6) is -1.34. The molecule has 0 spiro atoms. The molecule has 3 nitrogen and oxygen atoms in total. The Labute approximate surface area is 114 Å². The molecule has 0 N–H and O–H groups in total. The number of Topliss-reactive ketones (excluding diaryl/α,β-unsaturated/α-hetero) is 1. The maximum absolute atomic E-state index is 11.5. The lowest BCUT2D eigenvalue weighted by Gasteiger charge is -2.00. The maximum atomic E-state index is 11.5. The van der Waals surface area contributed by atoms with E-state index in [0.717, 1.165) is 11.3 Å². The lowest BCUT2D eigenvalue weighted by atomic mass is 10.1. The van der Waals surface area contributed by atoms with Crippen LogP contribution in [0.1, 0.15) is 10.9 Å². The van der Waals surface area contributed by atoms with Crippen LogP contribution < -0.4 is 0 Å². The van der Waals surface area contributed by atoms with E-state index in [1.54, 1.807) is 0 Å². The van der Waals surface area contributed by atoms with Crippen molar-refractivity contribution in [3.05, 3.63) is 40.7 Å². The molecule has 1 unspecified atom stereocenters. The fourth-order valence-corrected chi connectivity index (χ4v) is 2.55. The molecule has 0 saturated carbocycles. The summed E-state index contributed by atoms with van der Waals surface area (Å²) < 4.78 is 0. The Hall–Kier alpha value is -1.70. The average Bonchev–Trinajstić information content (AvgIpc) is 2.90. The number of nitrogens with zero attached hydrogens (tertiary/aromatic N) is 2. The molecule has 0 bridgehead atoms. The summed E-state index contributed by atoms with van der Waals surface area (Å²) in [5.41, 5.74) is 1.74. The van der Waals surface area contributed by atoms with E-state index in [1.165, 1.54) is 11.3 Å². The zero-order valence-electron chi connectivity index (χ0n) is 9.34. The van der Waals surface area contributed by atoms with Gasteiger partial charge < -0.3 is 0 Å². The predicted octanol–water partition coefficient (Wildman–Crippen LogP) is 3.23. The van der Waals surface area contributed by atoms with Crippen LogP contribution >= 0.6 is 22.9 Å². The van der Waals surface area contributed by atoms with Gasteiger partial charge in [-0.3, -0.25) is 4.79 Å². The first-order valence-electron chi connectivity index (χ1n) is 5.25. The molecular weight excluding hydrogens is 268 g/mol. The minimum absolute atomic E-state index is 0.168. The Kier molecular flexibility index (Phi) is 4.08. The Balaban J connectivity index is 2.31. The van der Waals surface area contributed by atoms with Crippen molar-refractivity contribution in [1.82, 2.24) is 4.98 Å². The van der Waals surface area contributed by atoms with Crippen LogP contribution in [0, 0.1) is 11.3 Å². The van der Waals surface area contributed by atoms with Crippen molar-refractivity contribution >= 4 is 28.7 Å². The molecule has 1 heterocycles. The summed E-state index contributed by atoms with van der Waals surface area (Å²) in [6.45, 7) is 0. The summed E-state index contributed by atoms with van der Waals surface area (Å²) in [7, 11) is 0. The van der Waals surface area contributed by atoms with Crippen LogP contribution in [0.4, 0.5) is 0 Å². The zero-order chi connectivity index (χ0) is 13.0. The fourth-order valence-electron chi connectivity index (χ4n) is 1.50. The second-order valence-corrected chi connectivity index (χ2v) is 4.76. The van der Waals surface area contributed by atoms with E-state index < -0.39 is 5.92 Å². The van der Waals surface area contributed by atoms with Gasteiger partial charge in [0.2, 0.25) is 0 Å². The average molecular weight is 277 g/mol. The van der Waals surface area contributed by atoms with E-state index in [4.69, 9.17) is 16.9 Å². The van der Waals surface area contributed by atoms with Gasteiger partial charge in [-0.15, -0.1) is 22.9 Å². The third-order valence-corrected chi connectivity index (χ3v) is 3.59. The number of carbonyl (C=O) groups excluding carboxylic acids is 1. The predicted molar refractivity (Wildman–Crippen MR) is 71.6 cm³/mol. The first kappa shape index (κ1) is 12.7. The van der Waals surface area contributed by atoms with Crippen molar-refractivity contribution in [3.63, 3.8) is 0 Å². The summed E-state index contributed by atoms with van der Waals surface area (Å²) in [5, 5.41) is 11.3. The van der Waals surface area contributed by atoms with E-state index in [9.17, 15) is 4.79 Å². The van der Waals surface area contributed by atoms with Gasteiger partial charge in [-0.05, 0) is 0 Å². The highest BCUT2D eigenvalue weighted by Gasteiger charge is 2.22. The second kappa shape index (κ2) is 5.76. The lowest BCUT2D eigenvalue weighted by molar-refractivity contribution is -0.117. The van der Waals surface area contributed by atoms with Gasteiger partial charge >= 0.3 is 0 Å². The second-order valence-electron chi connectivity index (χ2n) is 3.60. The minimum Gasteiger partial charge on any atom is -0.296 e. The standard InChI is InChI=1S/C13H9ClN2OS/c14-6-12(17)10(7-15)13-16-11(8-18-13)9-4-2-1-3-5-9/h1-5,8,10H,6H2. The molecule has 0 aliphatic rings. The smallest absolute Gasteiger partial charge is 0.171 e. The van der Waals surface area contributed by atoms with Gasteiger partial charge in [0.05, 0.1) is 17.6 Å². The first-order valence-corrected chi connectivity index (χ1v) is 6.67. The number of benzene rings is 1. The van der Waals surface area contributed by atoms with E-state index in [-0.39, 0.29) is 11.7 Å². The van der Waals surface area contributed by atoms with Crippen molar-refractivity contribution in [1.29, 1.82) is 5.26 Å². The quantitative estimate of drug-likeness (QED) is 0.806. The number of alkyl halides is 1. The largest absolute Gasteiger partial charge is 0.296 e. The SMILES string of the molecule is N#CC(C(=O)CCl)c1nc(-c2ccccc2)cs1.